The van der Waals surface area contributed by atoms with Crippen LogP contribution in [-0.2, 0) is 19.5 Å². The average Bonchev–Trinajstić information content (AvgIpc) is 3.00. The summed E-state index contributed by atoms with van der Waals surface area (Å²) in [6.45, 7) is 6.13. The van der Waals surface area contributed by atoms with E-state index >= 15 is 0 Å². The molecule has 4 rings (SSSR count). The first kappa shape index (κ1) is 19.9. The molecule has 6 nitrogen and oxygen atoms in total. The number of nitrogens with zero attached hydrogens (tertiary/aromatic N) is 5. The normalized spacial score (nSPS) is 22.8. The fourth-order valence-corrected chi connectivity index (χ4v) is 4.94. The maximum Gasteiger partial charge on any atom is 0.194 e. The Bertz CT molecular complexity index is 812. The van der Waals surface area contributed by atoms with Crippen molar-refractivity contribution in [2.75, 3.05) is 20.1 Å². The van der Waals surface area contributed by atoms with Gasteiger partial charge in [-0.1, -0.05) is 50.1 Å². The number of guanidine groups is 1. The van der Waals surface area contributed by atoms with Gasteiger partial charge < -0.3 is 14.8 Å². The molecule has 0 spiro atoms. The Morgan fingerprint density at radius 3 is 2.79 bits per heavy atom. The van der Waals surface area contributed by atoms with Crippen LogP contribution in [0.15, 0.2) is 35.3 Å². The summed E-state index contributed by atoms with van der Waals surface area (Å²) in [5.41, 5.74) is 1.48. The number of aliphatic imine (C=N–C) groups is 1. The average molecular weight is 395 g/mol. The number of likely N-dealkylation sites (tertiary alicyclic amines) is 1. The number of fused-ring (bicyclic) bond motifs is 1. The second-order valence-corrected chi connectivity index (χ2v) is 8.32. The number of aromatic nitrogens is 3. The van der Waals surface area contributed by atoms with Gasteiger partial charge in [-0.3, -0.25) is 4.99 Å². The molecule has 0 bridgehead atoms. The number of nitrogens with one attached hydrogen (secondary N) is 1. The largest absolute Gasteiger partial charge is 0.349 e. The summed E-state index contributed by atoms with van der Waals surface area (Å²) in [6.07, 6.45) is 7.13. The van der Waals surface area contributed by atoms with E-state index in [4.69, 9.17) is 0 Å². The van der Waals surface area contributed by atoms with E-state index in [-0.39, 0.29) is 0 Å². The van der Waals surface area contributed by atoms with Crippen LogP contribution in [0.1, 0.15) is 62.2 Å². The number of hydrogen-bond donors (Lipinski definition) is 1. The lowest BCUT2D eigenvalue weighted by Gasteiger charge is -2.40. The van der Waals surface area contributed by atoms with Crippen LogP contribution in [0.4, 0.5) is 0 Å². The van der Waals surface area contributed by atoms with Gasteiger partial charge in [-0.2, -0.15) is 0 Å². The van der Waals surface area contributed by atoms with Crippen LogP contribution in [0.25, 0.3) is 0 Å². The second-order valence-electron chi connectivity index (χ2n) is 8.32. The Morgan fingerprint density at radius 1 is 1.14 bits per heavy atom. The number of aryl methyl sites for hydroxylation is 1. The molecule has 1 saturated heterocycles. The lowest BCUT2D eigenvalue weighted by Crippen LogP contribution is -2.48. The molecule has 1 aromatic heterocycles. The highest BCUT2D eigenvalue weighted by atomic mass is 15.3. The first-order valence-corrected chi connectivity index (χ1v) is 11.2. The van der Waals surface area contributed by atoms with E-state index in [1.54, 1.807) is 0 Å². The lowest BCUT2D eigenvalue weighted by atomic mass is 9.79. The maximum absolute atomic E-state index is 4.58. The molecule has 3 heterocycles. The molecule has 2 aliphatic rings. The first-order valence-electron chi connectivity index (χ1n) is 11.2. The third-order valence-electron chi connectivity index (χ3n) is 6.59. The van der Waals surface area contributed by atoms with Gasteiger partial charge in [0.15, 0.2) is 11.8 Å². The summed E-state index contributed by atoms with van der Waals surface area (Å²) in [4.78, 5) is 7.01. The van der Waals surface area contributed by atoms with Crippen molar-refractivity contribution in [3.8, 4) is 0 Å². The van der Waals surface area contributed by atoms with Gasteiger partial charge >= 0.3 is 0 Å². The van der Waals surface area contributed by atoms with E-state index < -0.39 is 0 Å². The van der Waals surface area contributed by atoms with Gasteiger partial charge in [-0.15, -0.1) is 10.2 Å². The highest BCUT2D eigenvalue weighted by Crippen LogP contribution is 2.34. The van der Waals surface area contributed by atoms with Gasteiger partial charge in [0.1, 0.15) is 5.82 Å². The first-order chi connectivity index (χ1) is 14.3. The van der Waals surface area contributed by atoms with Gasteiger partial charge in [0.25, 0.3) is 0 Å². The minimum atomic E-state index is 0.642. The smallest absolute Gasteiger partial charge is 0.194 e. The molecule has 0 saturated carbocycles. The molecule has 2 aliphatic heterocycles. The minimum absolute atomic E-state index is 0.642. The van der Waals surface area contributed by atoms with Crippen LogP contribution in [0.5, 0.6) is 0 Å². The molecule has 0 amide bonds. The number of piperidine rings is 1. The van der Waals surface area contributed by atoms with Gasteiger partial charge in [-0.05, 0) is 36.7 Å². The SMILES string of the molecule is CCC1CN(C(=NC)NCc2nnc3n2CCCCC3)CCC1c1ccccc1. The van der Waals surface area contributed by atoms with Crippen molar-refractivity contribution in [1.82, 2.24) is 25.0 Å². The summed E-state index contributed by atoms with van der Waals surface area (Å²) in [6, 6.07) is 11.0. The molecule has 1 N–H and O–H groups in total. The van der Waals surface area contributed by atoms with Crippen LogP contribution in [0, 0.1) is 5.92 Å². The van der Waals surface area contributed by atoms with Gasteiger partial charge in [0, 0.05) is 33.1 Å². The Kier molecular flexibility index (Phi) is 6.47. The van der Waals surface area contributed by atoms with E-state index in [1.165, 1.54) is 37.7 Å². The summed E-state index contributed by atoms with van der Waals surface area (Å²) in [5.74, 6) is 4.45. The van der Waals surface area contributed by atoms with E-state index in [0.29, 0.717) is 18.4 Å². The van der Waals surface area contributed by atoms with Crippen LogP contribution < -0.4 is 5.32 Å². The standard InChI is InChI=1S/C23H34N6/c1-3-18-17-28(15-13-20(18)19-10-6-4-7-11-19)23(24-2)25-16-22-27-26-21-12-8-5-9-14-29(21)22/h4,6-7,10-11,18,20H,3,5,8-9,12-17H2,1-2H3,(H,24,25). The summed E-state index contributed by atoms with van der Waals surface area (Å²) < 4.78 is 2.31. The minimum Gasteiger partial charge on any atom is -0.349 e. The van der Waals surface area contributed by atoms with E-state index in [9.17, 15) is 0 Å². The van der Waals surface area contributed by atoms with Crippen LogP contribution in [0.2, 0.25) is 0 Å². The van der Waals surface area contributed by atoms with E-state index in [2.05, 4.69) is 67.2 Å². The molecular formula is C23H34N6. The van der Waals surface area contributed by atoms with Crippen molar-refractivity contribution >= 4 is 5.96 Å². The number of benzene rings is 1. The quantitative estimate of drug-likeness (QED) is 0.636. The topological polar surface area (TPSA) is 58.3 Å². The summed E-state index contributed by atoms with van der Waals surface area (Å²) in [7, 11) is 1.89. The third-order valence-corrected chi connectivity index (χ3v) is 6.59. The highest BCUT2D eigenvalue weighted by Gasteiger charge is 2.30. The molecular weight excluding hydrogens is 360 g/mol. The van der Waals surface area contributed by atoms with Gasteiger partial charge in [-0.25, -0.2) is 0 Å². The zero-order valence-corrected chi connectivity index (χ0v) is 17.8. The van der Waals surface area contributed by atoms with Crippen molar-refractivity contribution in [2.45, 2.75) is 64.5 Å². The monoisotopic (exact) mass is 394 g/mol. The molecule has 2 aromatic rings. The van der Waals surface area contributed by atoms with Crippen LogP contribution in [0.3, 0.4) is 0 Å². The zero-order valence-electron chi connectivity index (χ0n) is 17.8. The molecule has 156 valence electrons. The van der Waals surface area contributed by atoms with Gasteiger partial charge in [0.2, 0.25) is 0 Å². The Hall–Kier alpha value is -2.37. The Morgan fingerprint density at radius 2 is 2.00 bits per heavy atom. The lowest BCUT2D eigenvalue weighted by molar-refractivity contribution is 0.215. The Balaban J connectivity index is 1.40. The van der Waals surface area contributed by atoms with Crippen molar-refractivity contribution in [3.05, 3.63) is 47.5 Å². The predicted octanol–water partition coefficient (Wildman–Crippen LogP) is 3.60. The highest BCUT2D eigenvalue weighted by molar-refractivity contribution is 5.80. The molecule has 1 aromatic carbocycles. The molecule has 29 heavy (non-hydrogen) atoms. The summed E-state index contributed by atoms with van der Waals surface area (Å²) >= 11 is 0. The fraction of sp³-hybridized carbons (Fsp3) is 0.609. The van der Waals surface area contributed by atoms with Crippen LogP contribution >= 0.6 is 0 Å². The second kappa shape index (κ2) is 9.42. The third kappa shape index (κ3) is 4.46. The molecule has 0 radical (unpaired) electrons. The molecule has 1 fully saturated rings. The molecule has 2 unspecified atom stereocenters. The van der Waals surface area contributed by atoms with Crippen molar-refractivity contribution in [2.24, 2.45) is 10.9 Å². The number of hydrogen-bond acceptors (Lipinski definition) is 3. The number of rotatable bonds is 4. The zero-order chi connectivity index (χ0) is 20.1. The van der Waals surface area contributed by atoms with Crippen molar-refractivity contribution in [3.63, 3.8) is 0 Å². The maximum atomic E-state index is 4.58. The molecule has 2 atom stereocenters. The molecule has 6 heteroatoms. The van der Waals surface area contributed by atoms with Crippen LogP contribution in [-0.4, -0.2) is 45.8 Å². The summed E-state index contributed by atoms with van der Waals surface area (Å²) in [5, 5.41) is 12.4. The van der Waals surface area contributed by atoms with Crippen molar-refractivity contribution in [1.29, 1.82) is 0 Å². The van der Waals surface area contributed by atoms with E-state index in [1.807, 2.05) is 7.05 Å². The van der Waals surface area contributed by atoms with E-state index in [0.717, 1.165) is 43.7 Å². The fourth-order valence-electron chi connectivity index (χ4n) is 4.94. The predicted molar refractivity (Wildman–Crippen MR) is 117 cm³/mol. The van der Waals surface area contributed by atoms with Crippen molar-refractivity contribution < 1.29 is 0 Å². The Labute approximate surface area is 174 Å². The van der Waals surface area contributed by atoms with Gasteiger partial charge in [0.05, 0.1) is 6.54 Å². The molecule has 0 aliphatic carbocycles.